The second-order valence-electron chi connectivity index (χ2n) is 19.7. The molecule has 0 bridgehead atoms. The molecule has 15 heteroatoms. The molecular formula is C62H79Cl2FN6O6. The number of rotatable bonds is 13. The molecule has 0 fully saturated rings. The van der Waals surface area contributed by atoms with Crippen LogP contribution in [0.15, 0.2) is 169 Å². The van der Waals surface area contributed by atoms with Crippen molar-refractivity contribution in [2.75, 3.05) is 23.9 Å². The van der Waals surface area contributed by atoms with Crippen LogP contribution in [0.3, 0.4) is 0 Å². The zero-order chi connectivity index (χ0) is 57.1. The van der Waals surface area contributed by atoms with Gasteiger partial charge < -0.3 is 35.8 Å². The molecule has 0 spiro atoms. The summed E-state index contributed by atoms with van der Waals surface area (Å²) < 4.78 is 25.4. The Bertz CT molecular complexity index is 2780. The Balaban J connectivity index is 0.000000285. The minimum atomic E-state index is -0.541. The molecule has 12 nitrogen and oxygen atoms in total. The lowest BCUT2D eigenvalue weighted by atomic mass is 10.0. The van der Waals surface area contributed by atoms with Crippen LogP contribution >= 0.6 is 23.2 Å². The number of benzene rings is 6. The number of ether oxygens (including phenoxy) is 2. The highest BCUT2D eigenvalue weighted by Gasteiger charge is 2.22. The minimum Gasteiger partial charge on any atom is -0.444 e. The highest BCUT2D eigenvalue weighted by Crippen LogP contribution is 2.28. The summed E-state index contributed by atoms with van der Waals surface area (Å²) in [5.41, 5.74) is 11.4. The average Bonchev–Trinajstić information content (AvgIpc) is 3.41. The van der Waals surface area contributed by atoms with Crippen LogP contribution in [0.5, 0.6) is 0 Å². The Morgan fingerprint density at radius 2 is 1.06 bits per heavy atom. The predicted octanol–water partition coefficient (Wildman–Crippen LogP) is 15.0. The summed E-state index contributed by atoms with van der Waals surface area (Å²) in [7, 11) is 1.90. The Hall–Kier alpha value is -6.77. The van der Waals surface area contributed by atoms with E-state index in [4.69, 9.17) is 43.4 Å². The molecule has 0 saturated carbocycles. The molecular weight excluding hydrogens is 1010 g/mol. The van der Waals surface area contributed by atoms with Crippen molar-refractivity contribution in [2.45, 2.75) is 124 Å². The first-order valence-electron chi connectivity index (χ1n) is 25.8. The summed E-state index contributed by atoms with van der Waals surface area (Å²) in [5, 5.41) is 15.5. The van der Waals surface area contributed by atoms with Crippen LogP contribution in [-0.4, -0.2) is 57.0 Å². The van der Waals surface area contributed by atoms with Crippen molar-refractivity contribution < 1.29 is 28.6 Å². The van der Waals surface area contributed by atoms with Gasteiger partial charge in [-0.25, -0.2) is 19.0 Å². The van der Waals surface area contributed by atoms with E-state index in [1.807, 2.05) is 174 Å². The van der Waals surface area contributed by atoms with Gasteiger partial charge in [-0.2, -0.15) is 0 Å². The third-order valence-electron chi connectivity index (χ3n) is 11.6. The third kappa shape index (κ3) is 22.4. The normalized spacial score (nSPS) is 12.4. The number of nitrogens with zero attached hydrogens (tertiary/aromatic N) is 3. The molecule has 77 heavy (non-hydrogen) atoms. The van der Waals surface area contributed by atoms with Crippen molar-refractivity contribution in [3.8, 4) is 0 Å². The number of aryl methyl sites for hydroxylation is 1. The summed E-state index contributed by atoms with van der Waals surface area (Å²) in [6, 6.07) is 51.0. The number of aromatic nitrogens is 2. The van der Waals surface area contributed by atoms with Crippen LogP contribution in [-0.2, 0) is 9.47 Å². The molecule has 5 N–H and O–H groups in total. The van der Waals surface area contributed by atoms with Gasteiger partial charge in [0, 0.05) is 24.5 Å². The Kier molecular flexibility index (Phi) is 27.4. The first kappa shape index (κ1) is 64.5. The second kappa shape index (κ2) is 32.7. The van der Waals surface area contributed by atoms with E-state index in [0.29, 0.717) is 16.7 Å². The number of nitrogens with two attached hydrogens (primary N) is 1. The second-order valence-corrected chi connectivity index (χ2v) is 20.6. The predicted molar refractivity (Wildman–Crippen MR) is 315 cm³/mol. The maximum atomic E-state index is 13.5. The zero-order valence-electron chi connectivity index (χ0n) is 46.5. The zero-order valence-corrected chi connectivity index (χ0v) is 48.0. The SMILES string of the molecule is CC(C)(C)OC(=O)N[C@H](CO)c1ccccc1.CC[C@@H](N)c1ccccc1.CC[C@@H](NC(=O)OC(C)(C)C)c1ccccc1.CC[C@H](c1ccccc1)n1c(C)nc2ccc(N(C)c3ccc(F)cc3)cc2c1=O.ClCCl. The highest BCUT2D eigenvalue weighted by molar-refractivity contribution is 6.40. The Morgan fingerprint density at radius 3 is 1.48 bits per heavy atom. The lowest BCUT2D eigenvalue weighted by Crippen LogP contribution is -2.36. The van der Waals surface area contributed by atoms with Gasteiger partial charge in [-0.3, -0.25) is 9.36 Å². The Morgan fingerprint density at radius 1 is 0.649 bits per heavy atom. The number of anilines is 2. The number of aliphatic hydroxyl groups excluding tert-OH is 1. The van der Waals surface area contributed by atoms with E-state index in [1.165, 1.54) is 17.7 Å². The minimum absolute atomic E-state index is 0.00560. The molecule has 6 aromatic carbocycles. The number of alkyl halides is 2. The summed E-state index contributed by atoms with van der Waals surface area (Å²) in [6.45, 7) is 18.9. The first-order chi connectivity index (χ1) is 36.6. The van der Waals surface area contributed by atoms with Crippen molar-refractivity contribution in [3.63, 3.8) is 0 Å². The van der Waals surface area contributed by atoms with Crippen LogP contribution in [0.2, 0.25) is 0 Å². The smallest absolute Gasteiger partial charge is 0.408 e. The van der Waals surface area contributed by atoms with E-state index < -0.39 is 23.3 Å². The molecule has 1 aromatic heterocycles. The number of alkyl carbamates (subject to hydrolysis) is 2. The van der Waals surface area contributed by atoms with E-state index in [-0.39, 0.29) is 47.5 Å². The van der Waals surface area contributed by atoms with Crippen molar-refractivity contribution in [1.29, 1.82) is 0 Å². The molecule has 0 unspecified atom stereocenters. The van der Waals surface area contributed by atoms with E-state index >= 15 is 0 Å². The van der Waals surface area contributed by atoms with Crippen LogP contribution in [0.25, 0.3) is 10.9 Å². The molecule has 0 aliphatic carbocycles. The summed E-state index contributed by atoms with van der Waals surface area (Å²) in [6.07, 6.45) is 1.73. The summed E-state index contributed by atoms with van der Waals surface area (Å²) >= 11 is 9.53. The van der Waals surface area contributed by atoms with Gasteiger partial charge >= 0.3 is 12.2 Å². The lowest BCUT2D eigenvalue weighted by molar-refractivity contribution is 0.0477. The molecule has 7 aromatic rings. The molecule has 4 atom stereocenters. The summed E-state index contributed by atoms with van der Waals surface area (Å²) in [5.74, 6) is 0.419. The number of amides is 2. The molecule has 1 heterocycles. The molecule has 2 amide bonds. The van der Waals surface area contributed by atoms with Crippen LogP contribution < -0.4 is 26.8 Å². The maximum absolute atomic E-state index is 13.5. The number of carbonyl (C=O) groups is 2. The van der Waals surface area contributed by atoms with Gasteiger partial charge in [-0.05, 0) is 132 Å². The largest absolute Gasteiger partial charge is 0.444 e. The molecule has 0 aliphatic heterocycles. The van der Waals surface area contributed by atoms with Crippen LogP contribution in [0.4, 0.5) is 25.4 Å². The van der Waals surface area contributed by atoms with Gasteiger partial charge in [-0.15, -0.1) is 23.2 Å². The van der Waals surface area contributed by atoms with Gasteiger partial charge in [0.2, 0.25) is 0 Å². The standard InChI is InChI=1S/C25H24FN3O.C14H21NO2.C13H19NO3.C9H13N.CH2Cl2/c1-4-24(18-8-6-5-7-9-18)29-17(2)27-23-15-14-21(16-22(23)25(29)30)28(3)20-12-10-19(26)11-13-20;1-5-12(11-9-7-6-8-10-11)15-13(16)17-14(2,3)4;1-13(2,3)17-12(16)14-11(9-15)10-7-5-4-6-8-10;1-2-9(10)8-6-4-3-5-7-8;2-1-3/h5-16,24H,4H2,1-3H3;6-10,12H,5H2,1-4H3,(H,15,16);4-8,11,15H,9H2,1-3H3,(H,14,16);3-7,9H,2,10H2,1H3;1H2/t24-;12-;11-;9-;/m1111./s1. The van der Waals surface area contributed by atoms with E-state index in [9.17, 15) is 23.9 Å². The average molecular weight is 1090 g/mol. The number of fused-ring (bicyclic) bond motifs is 1. The number of hydrogen-bond acceptors (Lipinski definition) is 9. The summed E-state index contributed by atoms with van der Waals surface area (Å²) in [4.78, 5) is 43.4. The van der Waals surface area contributed by atoms with Crippen LogP contribution in [0.1, 0.15) is 134 Å². The Labute approximate surface area is 465 Å². The molecule has 0 saturated heterocycles. The number of aliphatic hydroxyl groups is 1. The first-order valence-corrected chi connectivity index (χ1v) is 26.9. The van der Waals surface area contributed by atoms with Gasteiger partial charge in [-0.1, -0.05) is 142 Å². The van der Waals surface area contributed by atoms with Gasteiger partial charge in [0.15, 0.2) is 0 Å². The fourth-order valence-electron chi connectivity index (χ4n) is 7.79. The van der Waals surface area contributed by atoms with Crippen molar-refractivity contribution >= 4 is 57.7 Å². The van der Waals surface area contributed by atoms with E-state index in [2.05, 4.69) is 36.6 Å². The van der Waals surface area contributed by atoms with Crippen molar-refractivity contribution in [2.24, 2.45) is 5.73 Å². The number of halogens is 3. The number of carbonyl (C=O) groups excluding carboxylic acids is 2. The lowest BCUT2D eigenvalue weighted by Gasteiger charge is -2.23. The highest BCUT2D eigenvalue weighted by atomic mass is 35.5. The van der Waals surface area contributed by atoms with Crippen molar-refractivity contribution in [3.05, 3.63) is 208 Å². The van der Waals surface area contributed by atoms with Gasteiger partial charge in [0.05, 0.1) is 41.0 Å². The van der Waals surface area contributed by atoms with E-state index in [1.54, 1.807) is 37.5 Å². The monoisotopic (exact) mass is 1090 g/mol. The van der Waals surface area contributed by atoms with Gasteiger partial charge in [0.25, 0.3) is 5.56 Å². The fraction of sp³-hybridized carbons (Fsp3) is 0.355. The molecule has 7 rings (SSSR count). The third-order valence-corrected chi connectivity index (χ3v) is 11.6. The molecule has 414 valence electrons. The fourth-order valence-corrected chi connectivity index (χ4v) is 7.79. The molecule has 0 radical (unpaired) electrons. The maximum Gasteiger partial charge on any atom is 0.408 e. The van der Waals surface area contributed by atoms with E-state index in [0.717, 1.165) is 47.3 Å². The van der Waals surface area contributed by atoms with Crippen molar-refractivity contribution in [1.82, 2.24) is 20.2 Å². The number of nitrogens with one attached hydrogen (secondary N) is 2. The van der Waals surface area contributed by atoms with Crippen LogP contribution in [0, 0.1) is 12.7 Å². The number of hydrogen-bond donors (Lipinski definition) is 4. The molecule has 0 aliphatic rings. The quantitative estimate of drug-likeness (QED) is 0.0824. The topological polar surface area (TPSA) is 161 Å². The van der Waals surface area contributed by atoms with Gasteiger partial charge in [0.1, 0.15) is 22.8 Å².